The third kappa shape index (κ3) is 5.09. The van der Waals surface area contributed by atoms with E-state index >= 15 is 0 Å². The fraction of sp³-hybridized carbons (Fsp3) is 0.650. The second-order valence-corrected chi connectivity index (χ2v) is 9.64. The molecule has 2 atom stereocenters. The van der Waals surface area contributed by atoms with Gasteiger partial charge in [0.05, 0.1) is 29.3 Å². The number of carbonyl (C=O) groups is 1. The highest BCUT2D eigenvalue weighted by atomic mass is 32.2. The molecule has 0 N–H and O–H groups in total. The van der Waals surface area contributed by atoms with Gasteiger partial charge >= 0.3 is 5.97 Å². The van der Waals surface area contributed by atoms with E-state index in [9.17, 15) is 13.2 Å². The standard InChI is InChI=1S/C20H29NO5S/c1-15-12-21(13-16(2)26-15)27(23,24)19-10-8-18(9-11-19)20(22)25-14-17-6-4-3-5-7-17/h8-11,15-17H,3-7,12-14H2,1-2H3/t15-,16+. The molecule has 1 heterocycles. The molecule has 6 nitrogen and oxygen atoms in total. The second kappa shape index (κ2) is 8.71. The lowest BCUT2D eigenvalue weighted by molar-refractivity contribution is -0.0440. The van der Waals surface area contributed by atoms with Crippen LogP contribution in [-0.2, 0) is 19.5 Å². The van der Waals surface area contributed by atoms with Crippen LogP contribution in [0.5, 0.6) is 0 Å². The SMILES string of the molecule is C[C@@H]1CN(S(=O)(=O)c2ccc(C(=O)OCC3CCCCC3)cc2)C[C@H](C)O1. The predicted molar refractivity (Wildman–Crippen MR) is 102 cm³/mol. The van der Waals surface area contributed by atoms with E-state index < -0.39 is 16.0 Å². The Balaban J connectivity index is 1.62. The summed E-state index contributed by atoms with van der Waals surface area (Å²) in [6.07, 6.45) is 5.61. The van der Waals surface area contributed by atoms with Gasteiger partial charge in [-0.25, -0.2) is 13.2 Å². The number of ether oxygens (including phenoxy) is 2. The van der Waals surface area contributed by atoms with Gasteiger partial charge in [0.1, 0.15) is 0 Å². The number of carbonyl (C=O) groups excluding carboxylic acids is 1. The molecule has 7 heteroatoms. The van der Waals surface area contributed by atoms with Crippen LogP contribution < -0.4 is 0 Å². The van der Waals surface area contributed by atoms with Crippen LogP contribution in [0.3, 0.4) is 0 Å². The first-order valence-corrected chi connectivity index (χ1v) is 11.2. The van der Waals surface area contributed by atoms with Crippen LogP contribution in [0.25, 0.3) is 0 Å². The van der Waals surface area contributed by atoms with Crippen LogP contribution in [-0.4, -0.2) is 50.6 Å². The quantitative estimate of drug-likeness (QED) is 0.716. The minimum Gasteiger partial charge on any atom is -0.462 e. The molecule has 2 fully saturated rings. The molecule has 0 amide bonds. The van der Waals surface area contributed by atoms with E-state index in [2.05, 4.69) is 0 Å². The summed E-state index contributed by atoms with van der Waals surface area (Å²) in [6.45, 7) is 4.84. The minimum absolute atomic E-state index is 0.141. The van der Waals surface area contributed by atoms with Gasteiger partial charge in [0.2, 0.25) is 10.0 Å². The largest absolute Gasteiger partial charge is 0.462 e. The average molecular weight is 396 g/mol. The Morgan fingerprint density at radius 1 is 1.07 bits per heavy atom. The molecular formula is C20H29NO5S. The third-order valence-corrected chi connectivity index (χ3v) is 7.13. The van der Waals surface area contributed by atoms with Crippen molar-refractivity contribution in [3.8, 4) is 0 Å². The summed E-state index contributed by atoms with van der Waals surface area (Å²) in [5.41, 5.74) is 0.383. The Bertz CT molecular complexity index is 730. The van der Waals surface area contributed by atoms with Crippen LogP contribution in [0.2, 0.25) is 0 Å². The summed E-state index contributed by atoms with van der Waals surface area (Å²) in [6, 6.07) is 6.03. The maximum atomic E-state index is 12.8. The molecule has 0 spiro atoms. The van der Waals surface area contributed by atoms with Crippen molar-refractivity contribution in [1.29, 1.82) is 0 Å². The summed E-state index contributed by atoms with van der Waals surface area (Å²) in [5, 5.41) is 0. The van der Waals surface area contributed by atoms with E-state index in [1.54, 1.807) is 0 Å². The summed E-state index contributed by atoms with van der Waals surface area (Å²) in [4.78, 5) is 12.4. The van der Waals surface area contributed by atoms with Crippen LogP contribution in [0.4, 0.5) is 0 Å². The van der Waals surface area contributed by atoms with Gasteiger partial charge in [-0.2, -0.15) is 4.31 Å². The third-order valence-electron chi connectivity index (χ3n) is 5.29. The van der Waals surface area contributed by atoms with E-state index in [1.807, 2.05) is 13.8 Å². The van der Waals surface area contributed by atoms with E-state index in [1.165, 1.54) is 47.8 Å². The maximum absolute atomic E-state index is 12.8. The predicted octanol–water partition coefficient (Wildman–Crippen LogP) is 3.22. The average Bonchev–Trinajstić information content (AvgIpc) is 2.66. The van der Waals surface area contributed by atoms with Crippen LogP contribution in [0, 0.1) is 5.92 Å². The van der Waals surface area contributed by atoms with Crippen LogP contribution in [0.15, 0.2) is 29.2 Å². The number of nitrogens with zero attached hydrogens (tertiary/aromatic N) is 1. The number of morpholine rings is 1. The van der Waals surface area contributed by atoms with Crippen molar-refractivity contribution in [2.45, 2.75) is 63.1 Å². The van der Waals surface area contributed by atoms with Crippen molar-refractivity contribution >= 4 is 16.0 Å². The molecule has 1 saturated carbocycles. The van der Waals surface area contributed by atoms with Gasteiger partial charge in [-0.05, 0) is 56.9 Å². The van der Waals surface area contributed by atoms with Crippen molar-refractivity contribution in [3.05, 3.63) is 29.8 Å². The lowest BCUT2D eigenvalue weighted by atomic mass is 9.90. The summed E-state index contributed by atoms with van der Waals surface area (Å²) in [7, 11) is -3.60. The number of esters is 1. The Hall–Kier alpha value is -1.44. The lowest BCUT2D eigenvalue weighted by Crippen LogP contribution is -2.48. The summed E-state index contributed by atoms with van der Waals surface area (Å²) < 4.78 is 38.2. The smallest absolute Gasteiger partial charge is 0.338 e. The Morgan fingerprint density at radius 2 is 1.67 bits per heavy atom. The maximum Gasteiger partial charge on any atom is 0.338 e. The Kier molecular flexibility index (Phi) is 6.55. The number of rotatable bonds is 5. The monoisotopic (exact) mass is 395 g/mol. The minimum atomic E-state index is -3.60. The molecule has 3 rings (SSSR count). The van der Waals surface area contributed by atoms with E-state index in [0.29, 0.717) is 31.2 Å². The molecule has 1 aromatic rings. The van der Waals surface area contributed by atoms with E-state index in [0.717, 1.165) is 12.8 Å². The van der Waals surface area contributed by atoms with E-state index in [-0.39, 0.29) is 17.1 Å². The fourth-order valence-corrected chi connectivity index (χ4v) is 5.46. The zero-order chi connectivity index (χ0) is 19.4. The highest BCUT2D eigenvalue weighted by Crippen LogP contribution is 2.25. The molecule has 1 aliphatic carbocycles. The number of benzene rings is 1. The topological polar surface area (TPSA) is 72.9 Å². The summed E-state index contributed by atoms with van der Waals surface area (Å²) in [5.74, 6) is 0.0609. The van der Waals surface area contributed by atoms with Gasteiger partial charge in [-0.1, -0.05) is 19.3 Å². The number of sulfonamides is 1. The molecule has 0 aromatic heterocycles. The van der Waals surface area contributed by atoms with E-state index in [4.69, 9.17) is 9.47 Å². The van der Waals surface area contributed by atoms with Gasteiger partial charge in [-0.15, -0.1) is 0 Å². The zero-order valence-corrected chi connectivity index (χ0v) is 16.9. The van der Waals surface area contributed by atoms with Crippen LogP contribution >= 0.6 is 0 Å². The first kappa shape index (κ1) is 20.3. The van der Waals surface area contributed by atoms with Crippen molar-refractivity contribution in [2.75, 3.05) is 19.7 Å². The highest BCUT2D eigenvalue weighted by Gasteiger charge is 2.32. The molecule has 27 heavy (non-hydrogen) atoms. The molecule has 0 bridgehead atoms. The Morgan fingerprint density at radius 3 is 2.26 bits per heavy atom. The molecule has 2 aliphatic rings. The fourth-order valence-electron chi connectivity index (χ4n) is 3.87. The van der Waals surface area contributed by atoms with Crippen molar-refractivity contribution < 1.29 is 22.7 Å². The molecule has 1 aromatic carbocycles. The molecule has 150 valence electrons. The number of hydrogen-bond acceptors (Lipinski definition) is 5. The van der Waals surface area contributed by atoms with Gasteiger partial charge < -0.3 is 9.47 Å². The van der Waals surface area contributed by atoms with Gasteiger partial charge in [0.25, 0.3) is 0 Å². The second-order valence-electron chi connectivity index (χ2n) is 7.71. The molecule has 0 radical (unpaired) electrons. The summed E-state index contributed by atoms with van der Waals surface area (Å²) >= 11 is 0. The normalized spacial score (nSPS) is 25.3. The molecular weight excluding hydrogens is 366 g/mol. The van der Waals surface area contributed by atoms with Crippen molar-refractivity contribution in [2.24, 2.45) is 5.92 Å². The Labute approximate surface area is 161 Å². The van der Waals surface area contributed by atoms with Crippen molar-refractivity contribution in [3.63, 3.8) is 0 Å². The first-order chi connectivity index (χ1) is 12.9. The molecule has 0 unspecified atom stereocenters. The van der Waals surface area contributed by atoms with Gasteiger partial charge in [-0.3, -0.25) is 0 Å². The number of hydrogen-bond donors (Lipinski definition) is 0. The zero-order valence-electron chi connectivity index (χ0n) is 16.1. The van der Waals surface area contributed by atoms with Gasteiger partial charge in [0, 0.05) is 13.1 Å². The van der Waals surface area contributed by atoms with Gasteiger partial charge in [0.15, 0.2) is 0 Å². The highest BCUT2D eigenvalue weighted by molar-refractivity contribution is 7.89. The van der Waals surface area contributed by atoms with Crippen molar-refractivity contribution in [1.82, 2.24) is 4.31 Å². The first-order valence-electron chi connectivity index (χ1n) is 9.79. The molecule has 1 aliphatic heterocycles. The lowest BCUT2D eigenvalue weighted by Gasteiger charge is -2.34. The molecule has 1 saturated heterocycles. The van der Waals surface area contributed by atoms with Crippen LogP contribution in [0.1, 0.15) is 56.3 Å².